The van der Waals surface area contributed by atoms with Crippen molar-refractivity contribution in [2.45, 2.75) is 12.7 Å². The van der Waals surface area contributed by atoms with Crippen molar-refractivity contribution >= 4 is 21.6 Å². The minimum absolute atomic E-state index is 0.0866. The van der Waals surface area contributed by atoms with Crippen LogP contribution in [-0.4, -0.2) is 10.2 Å². The predicted octanol–water partition coefficient (Wildman–Crippen LogP) is 4.49. The molecule has 0 saturated carbocycles. The van der Waals surface area contributed by atoms with Gasteiger partial charge in [-0.2, -0.15) is 13.2 Å². The first-order valence-corrected chi connectivity index (χ1v) is 6.68. The van der Waals surface area contributed by atoms with Gasteiger partial charge < -0.3 is 15.5 Å². The highest BCUT2D eigenvalue weighted by Crippen LogP contribution is 2.34. The summed E-state index contributed by atoms with van der Waals surface area (Å²) in [5, 5.41) is 21.6. The van der Waals surface area contributed by atoms with Crippen molar-refractivity contribution < 1.29 is 23.4 Å². The third kappa shape index (κ3) is 3.81. The molecule has 0 fully saturated rings. The van der Waals surface area contributed by atoms with Crippen LogP contribution >= 0.6 is 15.9 Å². The van der Waals surface area contributed by atoms with Crippen molar-refractivity contribution in [3.8, 4) is 11.5 Å². The first-order valence-electron chi connectivity index (χ1n) is 5.89. The molecule has 0 bridgehead atoms. The maximum absolute atomic E-state index is 12.7. The Morgan fingerprint density at radius 2 is 1.76 bits per heavy atom. The fourth-order valence-electron chi connectivity index (χ4n) is 1.73. The van der Waals surface area contributed by atoms with Crippen molar-refractivity contribution in [2.24, 2.45) is 0 Å². The standard InChI is InChI=1S/C14H11BrF3NO2/c15-11-4-2-9(14(16,17)18)5-12(11)19-7-8-1-3-10(20)6-13(8)21/h1-6,19-21H,7H2. The fourth-order valence-corrected chi connectivity index (χ4v) is 2.12. The van der Waals surface area contributed by atoms with Crippen LogP contribution in [0.25, 0.3) is 0 Å². The number of rotatable bonds is 3. The number of hydrogen-bond acceptors (Lipinski definition) is 3. The van der Waals surface area contributed by atoms with Crippen LogP contribution in [0.3, 0.4) is 0 Å². The number of aromatic hydroxyl groups is 2. The highest BCUT2D eigenvalue weighted by molar-refractivity contribution is 9.10. The molecule has 0 aliphatic heterocycles. The molecule has 112 valence electrons. The summed E-state index contributed by atoms with van der Waals surface area (Å²) in [7, 11) is 0. The number of hydrogen-bond donors (Lipinski definition) is 3. The summed E-state index contributed by atoms with van der Waals surface area (Å²) in [6.45, 7) is 0.117. The molecule has 0 aromatic heterocycles. The van der Waals surface area contributed by atoms with Crippen LogP contribution in [0.1, 0.15) is 11.1 Å². The SMILES string of the molecule is Oc1ccc(CNc2cc(C(F)(F)F)ccc2Br)c(O)c1. The topological polar surface area (TPSA) is 52.5 Å². The maximum atomic E-state index is 12.7. The Morgan fingerprint density at radius 1 is 1.05 bits per heavy atom. The van der Waals surface area contributed by atoms with E-state index in [2.05, 4.69) is 21.2 Å². The molecule has 0 heterocycles. The van der Waals surface area contributed by atoms with Crippen LogP contribution in [0.2, 0.25) is 0 Å². The van der Waals surface area contributed by atoms with Crippen molar-refractivity contribution in [1.82, 2.24) is 0 Å². The maximum Gasteiger partial charge on any atom is 0.416 e. The summed E-state index contributed by atoms with van der Waals surface area (Å²) in [5.74, 6) is -0.220. The molecule has 0 amide bonds. The van der Waals surface area contributed by atoms with Gasteiger partial charge >= 0.3 is 6.18 Å². The summed E-state index contributed by atoms with van der Waals surface area (Å²) in [4.78, 5) is 0. The molecule has 7 heteroatoms. The summed E-state index contributed by atoms with van der Waals surface area (Å²) in [5.41, 5.74) is -0.0439. The quantitative estimate of drug-likeness (QED) is 0.754. The van der Waals surface area contributed by atoms with Crippen LogP contribution in [0.4, 0.5) is 18.9 Å². The Labute approximate surface area is 127 Å². The first-order chi connectivity index (χ1) is 9.77. The van der Waals surface area contributed by atoms with Gasteiger partial charge in [0.1, 0.15) is 11.5 Å². The second-order valence-electron chi connectivity index (χ2n) is 4.36. The molecule has 3 N–H and O–H groups in total. The molecule has 2 aromatic carbocycles. The number of alkyl halides is 3. The second-order valence-corrected chi connectivity index (χ2v) is 5.21. The van der Waals surface area contributed by atoms with E-state index in [-0.39, 0.29) is 23.7 Å². The molecule has 2 aromatic rings. The van der Waals surface area contributed by atoms with Gasteiger partial charge in [0.15, 0.2) is 0 Å². The van der Waals surface area contributed by atoms with E-state index < -0.39 is 11.7 Å². The Bertz CT molecular complexity index is 659. The van der Waals surface area contributed by atoms with E-state index in [4.69, 9.17) is 0 Å². The molecule has 0 spiro atoms. The minimum Gasteiger partial charge on any atom is -0.508 e. The number of halogens is 4. The lowest BCUT2D eigenvalue weighted by molar-refractivity contribution is -0.137. The van der Waals surface area contributed by atoms with E-state index in [9.17, 15) is 23.4 Å². The van der Waals surface area contributed by atoms with Crippen molar-refractivity contribution in [3.63, 3.8) is 0 Å². The number of phenolic OH excluding ortho intramolecular Hbond substituents is 2. The molecule has 2 rings (SSSR count). The number of anilines is 1. The second kappa shape index (κ2) is 5.85. The molecule has 0 atom stereocenters. The molecular formula is C14H11BrF3NO2. The highest BCUT2D eigenvalue weighted by atomic mass is 79.9. The predicted molar refractivity (Wildman–Crippen MR) is 76.2 cm³/mol. The van der Waals surface area contributed by atoms with Gasteiger partial charge in [0.25, 0.3) is 0 Å². The largest absolute Gasteiger partial charge is 0.508 e. The molecule has 3 nitrogen and oxygen atoms in total. The van der Waals surface area contributed by atoms with Crippen molar-refractivity contribution in [3.05, 3.63) is 52.0 Å². The molecule has 0 radical (unpaired) electrons. The molecule has 0 saturated heterocycles. The van der Waals surface area contributed by atoms with E-state index in [0.29, 0.717) is 10.0 Å². The van der Waals surface area contributed by atoms with Gasteiger partial charge in [-0.15, -0.1) is 0 Å². The fraction of sp³-hybridized carbons (Fsp3) is 0.143. The van der Waals surface area contributed by atoms with Gasteiger partial charge in [-0.05, 0) is 46.3 Å². The van der Waals surface area contributed by atoms with Crippen molar-refractivity contribution in [2.75, 3.05) is 5.32 Å². The average Bonchev–Trinajstić information content (AvgIpc) is 2.38. The molecule has 21 heavy (non-hydrogen) atoms. The minimum atomic E-state index is -4.42. The van der Waals surface area contributed by atoms with Gasteiger partial charge in [-0.25, -0.2) is 0 Å². The highest BCUT2D eigenvalue weighted by Gasteiger charge is 2.30. The summed E-state index contributed by atoms with van der Waals surface area (Å²) >= 11 is 3.17. The lowest BCUT2D eigenvalue weighted by atomic mass is 10.1. The Balaban J connectivity index is 2.19. The zero-order valence-corrected chi connectivity index (χ0v) is 12.2. The van der Waals surface area contributed by atoms with E-state index in [1.54, 1.807) is 0 Å². The summed E-state index contributed by atoms with van der Waals surface area (Å²) in [6.07, 6.45) is -4.42. The normalized spacial score (nSPS) is 11.4. The molecule has 0 aliphatic carbocycles. The van der Waals surface area contributed by atoms with Crippen LogP contribution in [0.5, 0.6) is 11.5 Å². The Kier molecular flexibility index (Phi) is 4.32. The lowest BCUT2D eigenvalue weighted by Crippen LogP contribution is -2.07. The molecule has 0 aliphatic rings. The number of benzene rings is 2. The third-order valence-electron chi connectivity index (χ3n) is 2.83. The number of phenols is 2. The zero-order chi connectivity index (χ0) is 15.6. The van der Waals surface area contributed by atoms with E-state index >= 15 is 0 Å². The van der Waals surface area contributed by atoms with Crippen LogP contribution in [-0.2, 0) is 12.7 Å². The van der Waals surface area contributed by atoms with E-state index in [1.165, 1.54) is 18.2 Å². The lowest BCUT2D eigenvalue weighted by Gasteiger charge is -2.13. The Hall–Kier alpha value is -1.89. The van der Waals surface area contributed by atoms with Crippen molar-refractivity contribution in [1.29, 1.82) is 0 Å². The summed E-state index contributed by atoms with van der Waals surface area (Å²) < 4.78 is 38.5. The number of nitrogens with one attached hydrogen (secondary N) is 1. The van der Waals surface area contributed by atoms with Gasteiger partial charge in [0.05, 0.1) is 5.56 Å². The van der Waals surface area contributed by atoms with Gasteiger partial charge in [-0.3, -0.25) is 0 Å². The van der Waals surface area contributed by atoms with Crippen LogP contribution < -0.4 is 5.32 Å². The smallest absolute Gasteiger partial charge is 0.416 e. The monoisotopic (exact) mass is 361 g/mol. The average molecular weight is 362 g/mol. The van der Waals surface area contributed by atoms with Crippen LogP contribution in [0.15, 0.2) is 40.9 Å². The summed E-state index contributed by atoms with van der Waals surface area (Å²) in [6, 6.07) is 7.31. The van der Waals surface area contributed by atoms with Gasteiger partial charge in [0.2, 0.25) is 0 Å². The van der Waals surface area contributed by atoms with E-state index in [1.807, 2.05) is 0 Å². The first kappa shape index (κ1) is 15.5. The van der Waals surface area contributed by atoms with Gasteiger partial charge in [0, 0.05) is 28.3 Å². The molecular weight excluding hydrogens is 351 g/mol. The third-order valence-corrected chi connectivity index (χ3v) is 3.52. The van der Waals surface area contributed by atoms with Crippen LogP contribution in [0, 0.1) is 0 Å². The zero-order valence-electron chi connectivity index (χ0n) is 10.6. The van der Waals surface area contributed by atoms with E-state index in [0.717, 1.165) is 18.2 Å². The molecule has 0 unspecified atom stereocenters. The van der Waals surface area contributed by atoms with Gasteiger partial charge in [-0.1, -0.05) is 0 Å². The Morgan fingerprint density at radius 3 is 2.38 bits per heavy atom.